The number of benzene rings is 2. The van der Waals surface area contributed by atoms with Crippen molar-refractivity contribution in [1.29, 1.82) is 0 Å². The SMILES string of the molecule is COc1cc(C=CC(=O)CC(=O)C=Cc2ccccc2)ccc1O. The van der Waals surface area contributed by atoms with E-state index in [9.17, 15) is 14.7 Å². The van der Waals surface area contributed by atoms with E-state index in [2.05, 4.69) is 0 Å². The lowest BCUT2D eigenvalue weighted by molar-refractivity contribution is -0.121. The number of hydrogen-bond donors (Lipinski definition) is 1. The van der Waals surface area contributed by atoms with Gasteiger partial charge in [0.2, 0.25) is 0 Å². The molecule has 4 heteroatoms. The van der Waals surface area contributed by atoms with Crippen LogP contribution in [0.2, 0.25) is 0 Å². The monoisotopic (exact) mass is 322 g/mol. The summed E-state index contributed by atoms with van der Waals surface area (Å²) < 4.78 is 5.00. The predicted octanol–water partition coefficient (Wildman–Crippen LogP) is 3.66. The Bertz CT molecular complexity index is 773. The Kier molecular flexibility index (Phi) is 6.08. The quantitative estimate of drug-likeness (QED) is 0.624. The molecule has 4 nitrogen and oxygen atoms in total. The number of ether oxygens (including phenoxy) is 1. The maximum Gasteiger partial charge on any atom is 0.163 e. The van der Waals surface area contributed by atoms with Crippen LogP contribution in [0, 0.1) is 0 Å². The van der Waals surface area contributed by atoms with Crippen LogP contribution in [0.3, 0.4) is 0 Å². The average molecular weight is 322 g/mol. The van der Waals surface area contributed by atoms with Crippen molar-refractivity contribution in [2.45, 2.75) is 6.42 Å². The second-order valence-corrected chi connectivity index (χ2v) is 5.12. The molecule has 0 amide bonds. The van der Waals surface area contributed by atoms with Crippen LogP contribution in [0.25, 0.3) is 12.2 Å². The summed E-state index contributed by atoms with van der Waals surface area (Å²) in [4.78, 5) is 23.6. The Morgan fingerprint density at radius 1 is 0.958 bits per heavy atom. The van der Waals surface area contributed by atoms with Crippen molar-refractivity contribution in [3.05, 3.63) is 71.8 Å². The van der Waals surface area contributed by atoms with E-state index in [1.54, 1.807) is 24.3 Å². The molecule has 0 spiro atoms. The molecule has 122 valence electrons. The average Bonchev–Trinajstić information content (AvgIpc) is 2.60. The number of hydrogen-bond acceptors (Lipinski definition) is 4. The second kappa shape index (κ2) is 8.48. The van der Waals surface area contributed by atoms with Gasteiger partial charge in [0, 0.05) is 0 Å². The minimum atomic E-state index is -0.287. The molecular formula is C20H18O4. The summed E-state index contributed by atoms with van der Waals surface area (Å²) in [6.45, 7) is 0. The number of phenols is 1. The highest BCUT2D eigenvalue weighted by Crippen LogP contribution is 2.26. The van der Waals surface area contributed by atoms with E-state index < -0.39 is 0 Å². The van der Waals surface area contributed by atoms with Crippen LogP contribution in [0.15, 0.2) is 60.7 Å². The fourth-order valence-corrected chi connectivity index (χ4v) is 2.03. The van der Waals surface area contributed by atoms with E-state index in [-0.39, 0.29) is 23.7 Å². The van der Waals surface area contributed by atoms with Gasteiger partial charge in [0.15, 0.2) is 23.1 Å². The third kappa shape index (κ3) is 5.25. The van der Waals surface area contributed by atoms with Crippen molar-refractivity contribution in [2.75, 3.05) is 7.11 Å². The van der Waals surface area contributed by atoms with Gasteiger partial charge in [-0.2, -0.15) is 0 Å². The van der Waals surface area contributed by atoms with Gasteiger partial charge < -0.3 is 9.84 Å². The number of carbonyl (C=O) groups excluding carboxylic acids is 2. The van der Waals surface area contributed by atoms with E-state index in [1.165, 1.54) is 25.3 Å². The summed E-state index contributed by atoms with van der Waals surface area (Å²) in [6, 6.07) is 14.2. The third-order valence-corrected chi connectivity index (χ3v) is 3.28. The summed E-state index contributed by atoms with van der Waals surface area (Å²) in [6.07, 6.45) is 5.84. The number of aromatic hydroxyl groups is 1. The number of allylic oxidation sites excluding steroid dienone is 2. The van der Waals surface area contributed by atoms with Gasteiger partial charge in [-0.3, -0.25) is 9.59 Å². The first-order valence-corrected chi connectivity index (χ1v) is 7.42. The standard InChI is InChI=1S/C20H18O4/c1-24-20-13-16(9-12-19(20)23)8-11-18(22)14-17(21)10-7-15-5-3-2-4-6-15/h2-13,23H,14H2,1H3. The lowest BCUT2D eigenvalue weighted by atomic mass is 10.1. The van der Waals surface area contributed by atoms with Crippen LogP contribution in [-0.4, -0.2) is 23.8 Å². The van der Waals surface area contributed by atoms with Gasteiger partial charge in [0.25, 0.3) is 0 Å². The van der Waals surface area contributed by atoms with Crippen molar-refractivity contribution in [3.63, 3.8) is 0 Å². The van der Waals surface area contributed by atoms with Crippen LogP contribution in [0.4, 0.5) is 0 Å². The number of methoxy groups -OCH3 is 1. The summed E-state index contributed by atoms with van der Waals surface area (Å²) in [5.41, 5.74) is 1.61. The van der Waals surface area contributed by atoms with E-state index in [1.807, 2.05) is 30.3 Å². The first-order valence-electron chi connectivity index (χ1n) is 7.42. The molecule has 0 aliphatic rings. The summed E-state index contributed by atoms with van der Waals surface area (Å²) in [7, 11) is 1.45. The van der Waals surface area contributed by atoms with Gasteiger partial charge in [0.05, 0.1) is 13.5 Å². The minimum absolute atomic E-state index is 0.0298. The number of carbonyl (C=O) groups is 2. The molecule has 2 aromatic rings. The largest absolute Gasteiger partial charge is 0.504 e. The van der Waals surface area contributed by atoms with E-state index in [4.69, 9.17) is 4.74 Å². The van der Waals surface area contributed by atoms with Crippen LogP contribution in [-0.2, 0) is 9.59 Å². The highest BCUT2D eigenvalue weighted by Gasteiger charge is 2.04. The fraction of sp³-hybridized carbons (Fsp3) is 0.100. The summed E-state index contributed by atoms with van der Waals surface area (Å²) in [5.74, 6) is -0.185. The molecule has 1 N–H and O–H groups in total. The van der Waals surface area contributed by atoms with Crippen LogP contribution in [0.1, 0.15) is 17.5 Å². The molecule has 0 aliphatic heterocycles. The molecule has 0 saturated heterocycles. The van der Waals surface area contributed by atoms with Crippen LogP contribution in [0.5, 0.6) is 11.5 Å². The molecule has 0 radical (unpaired) electrons. The molecule has 0 fully saturated rings. The fourth-order valence-electron chi connectivity index (χ4n) is 2.03. The number of phenolic OH excluding ortho intramolecular Hbond substituents is 1. The summed E-state index contributed by atoms with van der Waals surface area (Å²) in [5, 5.41) is 9.52. The van der Waals surface area contributed by atoms with Crippen molar-refractivity contribution in [3.8, 4) is 11.5 Å². The maximum absolute atomic E-state index is 11.8. The smallest absolute Gasteiger partial charge is 0.163 e. The molecule has 0 aliphatic carbocycles. The van der Waals surface area contributed by atoms with Crippen molar-refractivity contribution < 1.29 is 19.4 Å². The van der Waals surface area contributed by atoms with Crippen LogP contribution < -0.4 is 4.74 Å². The van der Waals surface area contributed by atoms with Gasteiger partial charge in [0.1, 0.15) is 0 Å². The van der Waals surface area contributed by atoms with Gasteiger partial charge in [-0.15, -0.1) is 0 Å². The Balaban J connectivity index is 1.92. The molecule has 0 aromatic heterocycles. The highest BCUT2D eigenvalue weighted by atomic mass is 16.5. The first-order chi connectivity index (χ1) is 11.6. The Labute approximate surface area is 140 Å². The van der Waals surface area contributed by atoms with Gasteiger partial charge in [-0.1, -0.05) is 48.6 Å². The molecule has 2 rings (SSSR count). The summed E-state index contributed by atoms with van der Waals surface area (Å²) >= 11 is 0. The van der Waals surface area contributed by atoms with Crippen LogP contribution >= 0.6 is 0 Å². The lowest BCUT2D eigenvalue weighted by Gasteiger charge is -2.03. The second-order valence-electron chi connectivity index (χ2n) is 5.12. The molecule has 0 unspecified atom stereocenters. The molecule has 0 bridgehead atoms. The van der Waals surface area contributed by atoms with Gasteiger partial charge >= 0.3 is 0 Å². The van der Waals surface area contributed by atoms with Gasteiger partial charge in [-0.05, 0) is 35.4 Å². The Hall–Kier alpha value is -3.14. The topological polar surface area (TPSA) is 63.6 Å². The zero-order valence-corrected chi connectivity index (χ0v) is 13.3. The number of ketones is 2. The Morgan fingerprint density at radius 3 is 2.21 bits per heavy atom. The first kappa shape index (κ1) is 17.2. The van der Waals surface area contributed by atoms with Gasteiger partial charge in [-0.25, -0.2) is 0 Å². The molecule has 0 saturated carbocycles. The zero-order valence-electron chi connectivity index (χ0n) is 13.3. The van der Waals surface area contributed by atoms with Crippen molar-refractivity contribution >= 4 is 23.7 Å². The lowest BCUT2D eigenvalue weighted by Crippen LogP contribution is -2.01. The van der Waals surface area contributed by atoms with E-state index >= 15 is 0 Å². The molecule has 0 heterocycles. The van der Waals surface area contributed by atoms with E-state index in [0.717, 1.165) is 5.56 Å². The van der Waals surface area contributed by atoms with Crippen molar-refractivity contribution in [1.82, 2.24) is 0 Å². The molecule has 0 atom stereocenters. The number of rotatable bonds is 7. The third-order valence-electron chi connectivity index (χ3n) is 3.28. The van der Waals surface area contributed by atoms with E-state index in [0.29, 0.717) is 11.3 Å². The molecular weight excluding hydrogens is 304 g/mol. The predicted molar refractivity (Wildman–Crippen MR) is 93.8 cm³/mol. The van der Waals surface area contributed by atoms with Crippen molar-refractivity contribution in [2.24, 2.45) is 0 Å². The molecule has 24 heavy (non-hydrogen) atoms. The molecule has 2 aromatic carbocycles. The highest BCUT2D eigenvalue weighted by molar-refractivity contribution is 6.10. The maximum atomic E-state index is 11.8. The normalized spacial score (nSPS) is 11.0. The zero-order chi connectivity index (χ0) is 17.4. The Morgan fingerprint density at radius 2 is 1.58 bits per heavy atom. The minimum Gasteiger partial charge on any atom is -0.504 e.